The number of rotatable bonds is 7. The molecule has 35 heavy (non-hydrogen) atoms. The molecule has 1 N–H and O–H groups in total. The molecular weight excluding hydrogens is 516 g/mol. The van der Waals surface area contributed by atoms with Crippen LogP contribution in [0.1, 0.15) is 41.4 Å². The molecule has 6 nitrogen and oxygen atoms in total. The van der Waals surface area contributed by atoms with Gasteiger partial charge in [-0.05, 0) is 63.1 Å². The zero-order chi connectivity index (χ0) is 25.3. The summed E-state index contributed by atoms with van der Waals surface area (Å²) in [7, 11) is -4.30. The van der Waals surface area contributed by atoms with E-state index in [-0.39, 0.29) is 11.0 Å². The highest BCUT2D eigenvalue weighted by molar-refractivity contribution is 7.92. The number of aryl methyl sites for hydroxylation is 1. The minimum atomic E-state index is -4.30. The van der Waals surface area contributed by atoms with Gasteiger partial charge in [-0.25, -0.2) is 22.2 Å². The van der Waals surface area contributed by atoms with Crippen molar-refractivity contribution in [2.75, 3.05) is 17.4 Å². The summed E-state index contributed by atoms with van der Waals surface area (Å²) < 4.78 is 57.3. The third-order valence-corrected chi connectivity index (χ3v) is 9.52. The fourth-order valence-corrected chi connectivity index (χ4v) is 7.04. The predicted molar refractivity (Wildman–Crippen MR) is 133 cm³/mol. The Kier molecular flexibility index (Phi) is 7.77. The lowest BCUT2D eigenvalue weighted by Crippen LogP contribution is -2.35. The normalized spacial score (nSPS) is 16.4. The molecule has 1 atom stereocenters. The number of thiazole rings is 1. The maximum absolute atomic E-state index is 14.9. The van der Waals surface area contributed by atoms with Crippen LogP contribution in [0.2, 0.25) is 5.02 Å². The van der Waals surface area contributed by atoms with Crippen molar-refractivity contribution < 1.29 is 22.3 Å². The smallest absolute Gasteiger partial charge is 0.265 e. The predicted octanol–water partition coefficient (Wildman–Crippen LogP) is 5.30. The second-order valence-electron chi connectivity index (χ2n) is 8.59. The Bertz CT molecular complexity index is 1290. The molecule has 1 aliphatic heterocycles. The molecule has 0 radical (unpaired) electrons. The Morgan fingerprint density at radius 3 is 2.51 bits per heavy atom. The number of likely N-dealkylation sites (tertiary alicyclic amines) is 1. The average Bonchev–Trinajstić information content (AvgIpc) is 3.18. The Morgan fingerprint density at radius 2 is 1.86 bits per heavy atom. The summed E-state index contributed by atoms with van der Waals surface area (Å²) in [5, 5.41) is 10.6. The first-order valence-corrected chi connectivity index (χ1v) is 13.8. The van der Waals surface area contributed by atoms with Gasteiger partial charge < -0.3 is 5.11 Å². The fraction of sp³-hybridized carbons (Fsp3) is 0.375. The number of anilines is 1. The molecule has 11 heteroatoms. The van der Waals surface area contributed by atoms with Crippen LogP contribution < -0.4 is 4.31 Å². The van der Waals surface area contributed by atoms with Gasteiger partial charge in [-0.3, -0.25) is 9.21 Å². The highest BCUT2D eigenvalue weighted by Crippen LogP contribution is 2.38. The van der Waals surface area contributed by atoms with Crippen molar-refractivity contribution in [1.82, 2.24) is 9.88 Å². The van der Waals surface area contributed by atoms with Crippen LogP contribution in [-0.4, -0.2) is 42.6 Å². The Labute approximate surface area is 212 Å². The van der Waals surface area contributed by atoms with Crippen LogP contribution in [-0.2, 0) is 16.6 Å². The lowest BCUT2D eigenvalue weighted by Gasteiger charge is -2.30. The quantitative estimate of drug-likeness (QED) is 0.439. The van der Waals surface area contributed by atoms with Gasteiger partial charge >= 0.3 is 0 Å². The van der Waals surface area contributed by atoms with Crippen molar-refractivity contribution in [3.63, 3.8) is 0 Å². The van der Waals surface area contributed by atoms with Crippen molar-refractivity contribution in [1.29, 1.82) is 0 Å². The van der Waals surface area contributed by atoms with E-state index in [2.05, 4.69) is 9.88 Å². The van der Waals surface area contributed by atoms with Crippen molar-refractivity contribution in [3.8, 4) is 0 Å². The van der Waals surface area contributed by atoms with Gasteiger partial charge in [-0.2, -0.15) is 0 Å². The molecule has 0 spiro atoms. The van der Waals surface area contributed by atoms with E-state index in [1.165, 1.54) is 35.6 Å². The molecule has 2 heterocycles. The molecule has 1 unspecified atom stereocenters. The van der Waals surface area contributed by atoms with Crippen LogP contribution in [0.25, 0.3) is 0 Å². The summed E-state index contributed by atoms with van der Waals surface area (Å²) in [5.74, 6) is -1.62. The van der Waals surface area contributed by atoms with Gasteiger partial charge in [0.05, 0.1) is 28.4 Å². The van der Waals surface area contributed by atoms with Crippen LogP contribution in [0, 0.1) is 18.6 Å². The Balaban J connectivity index is 1.73. The molecule has 0 aliphatic carbocycles. The van der Waals surface area contributed by atoms with E-state index in [4.69, 9.17) is 11.6 Å². The maximum Gasteiger partial charge on any atom is 0.265 e. The molecule has 2 aromatic carbocycles. The topological polar surface area (TPSA) is 73.7 Å². The van der Waals surface area contributed by atoms with Gasteiger partial charge in [0.2, 0.25) is 0 Å². The van der Waals surface area contributed by atoms with E-state index in [0.29, 0.717) is 29.4 Å². The second-order valence-corrected chi connectivity index (χ2v) is 12.0. The lowest BCUT2D eigenvalue weighted by molar-refractivity contribution is 0.0796. The molecular formula is C24H26ClF2N3O3S2. The van der Waals surface area contributed by atoms with Gasteiger partial charge in [0, 0.05) is 35.6 Å². The standard InChI is InChI=1S/C24H26ClF2N3O3S2/c1-15-23(14-29-11-9-19(31)10-12-29)34-24(28-15)16(2)30(22-13-18(26)5-8-21(22)27)35(32,33)20-6-3-17(25)4-7-20/h3-8,13,16,19,31H,9-12,14H2,1-2H3. The van der Waals surface area contributed by atoms with E-state index < -0.39 is 33.4 Å². The molecule has 1 fully saturated rings. The van der Waals surface area contributed by atoms with Crippen LogP contribution in [0.4, 0.5) is 14.5 Å². The zero-order valence-corrected chi connectivity index (χ0v) is 21.7. The molecule has 1 saturated heterocycles. The molecule has 4 rings (SSSR count). The SMILES string of the molecule is Cc1nc(C(C)N(c2cc(F)ccc2F)S(=O)(=O)c2ccc(Cl)cc2)sc1CN1CCC(O)CC1. The summed E-state index contributed by atoms with van der Waals surface area (Å²) in [5.41, 5.74) is 0.360. The third-order valence-electron chi connectivity index (χ3n) is 6.06. The number of hydrogen-bond acceptors (Lipinski definition) is 6. The fourth-order valence-electron chi connectivity index (χ4n) is 4.08. The number of piperidine rings is 1. The molecule has 3 aromatic rings. The highest BCUT2D eigenvalue weighted by Gasteiger charge is 2.34. The van der Waals surface area contributed by atoms with E-state index in [1.54, 1.807) is 6.92 Å². The van der Waals surface area contributed by atoms with Gasteiger partial charge in [0.25, 0.3) is 10.0 Å². The van der Waals surface area contributed by atoms with Gasteiger partial charge in [0.15, 0.2) is 0 Å². The molecule has 1 aromatic heterocycles. The van der Waals surface area contributed by atoms with Gasteiger partial charge in [0.1, 0.15) is 16.6 Å². The van der Waals surface area contributed by atoms with Crippen molar-refractivity contribution in [3.05, 3.63) is 74.7 Å². The number of hydrogen-bond donors (Lipinski definition) is 1. The van der Waals surface area contributed by atoms with E-state index in [9.17, 15) is 22.3 Å². The summed E-state index contributed by atoms with van der Waals surface area (Å²) in [6.45, 7) is 5.60. The Morgan fingerprint density at radius 1 is 1.20 bits per heavy atom. The highest BCUT2D eigenvalue weighted by atomic mass is 35.5. The minimum absolute atomic E-state index is 0.0993. The summed E-state index contributed by atoms with van der Waals surface area (Å²) in [6.07, 6.45) is 1.12. The first-order chi connectivity index (χ1) is 16.6. The zero-order valence-electron chi connectivity index (χ0n) is 19.3. The lowest BCUT2D eigenvalue weighted by atomic mass is 10.1. The summed E-state index contributed by atoms with van der Waals surface area (Å²) in [6, 6.07) is 7.34. The van der Waals surface area contributed by atoms with Crippen molar-refractivity contribution in [2.45, 2.75) is 50.3 Å². The van der Waals surface area contributed by atoms with E-state index in [0.717, 1.165) is 46.2 Å². The summed E-state index contributed by atoms with van der Waals surface area (Å²) in [4.78, 5) is 7.69. The summed E-state index contributed by atoms with van der Waals surface area (Å²) >= 11 is 7.28. The number of nitrogens with zero attached hydrogens (tertiary/aromatic N) is 3. The monoisotopic (exact) mass is 541 g/mol. The van der Waals surface area contributed by atoms with Gasteiger partial charge in [-0.15, -0.1) is 11.3 Å². The number of halogens is 3. The van der Waals surface area contributed by atoms with Crippen molar-refractivity contribution >= 4 is 38.6 Å². The van der Waals surface area contributed by atoms with Crippen LogP contribution in [0.5, 0.6) is 0 Å². The Hall–Kier alpha value is -2.11. The van der Waals surface area contributed by atoms with Gasteiger partial charge in [-0.1, -0.05) is 11.6 Å². The van der Waals surface area contributed by atoms with E-state index >= 15 is 0 Å². The number of aliphatic hydroxyl groups excluding tert-OH is 1. The largest absolute Gasteiger partial charge is 0.393 e. The molecule has 0 amide bonds. The van der Waals surface area contributed by atoms with Crippen LogP contribution >= 0.6 is 22.9 Å². The van der Waals surface area contributed by atoms with Crippen LogP contribution in [0.3, 0.4) is 0 Å². The van der Waals surface area contributed by atoms with Crippen molar-refractivity contribution in [2.24, 2.45) is 0 Å². The van der Waals surface area contributed by atoms with Crippen LogP contribution in [0.15, 0.2) is 47.4 Å². The number of aromatic nitrogens is 1. The van der Waals surface area contributed by atoms with E-state index in [1.807, 2.05) is 6.92 Å². The first-order valence-electron chi connectivity index (χ1n) is 11.2. The minimum Gasteiger partial charge on any atom is -0.393 e. The first kappa shape index (κ1) is 26.0. The molecule has 1 aliphatic rings. The molecule has 0 saturated carbocycles. The third kappa shape index (κ3) is 5.67. The number of aliphatic hydroxyl groups is 1. The maximum atomic E-state index is 14.9. The second kappa shape index (κ2) is 10.5. The molecule has 188 valence electrons. The molecule has 0 bridgehead atoms. The number of benzene rings is 2. The average molecular weight is 542 g/mol. The number of sulfonamides is 1.